The third-order valence-corrected chi connectivity index (χ3v) is 5.43. The number of hydrogen-bond acceptors (Lipinski definition) is 2. The van der Waals surface area contributed by atoms with E-state index in [2.05, 4.69) is 6.07 Å². The molecule has 1 heterocycles. The third kappa shape index (κ3) is 3.27. The number of fused-ring (bicyclic) bond motifs is 1. The van der Waals surface area contributed by atoms with Gasteiger partial charge < -0.3 is 10.6 Å². The van der Waals surface area contributed by atoms with E-state index < -0.39 is 0 Å². The van der Waals surface area contributed by atoms with Gasteiger partial charge in [-0.1, -0.05) is 36.6 Å². The Morgan fingerprint density at radius 3 is 2.91 bits per heavy atom. The van der Waals surface area contributed by atoms with Gasteiger partial charge in [0.2, 0.25) is 5.91 Å². The summed E-state index contributed by atoms with van der Waals surface area (Å²) in [7, 11) is 0. The molecule has 0 spiro atoms. The van der Waals surface area contributed by atoms with Gasteiger partial charge in [0.25, 0.3) is 0 Å². The SMILES string of the molecule is CC1(N)CCCCC1C(=O)N1CCc2c(Cl)cccc2C1.Cl. The maximum atomic E-state index is 12.9. The summed E-state index contributed by atoms with van der Waals surface area (Å²) in [5.41, 5.74) is 8.40. The lowest BCUT2D eigenvalue weighted by Gasteiger charge is -2.41. The van der Waals surface area contributed by atoms with E-state index in [4.69, 9.17) is 17.3 Å². The van der Waals surface area contributed by atoms with Gasteiger partial charge in [-0.25, -0.2) is 0 Å². The van der Waals surface area contributed by atoms with Gasteiger partial charge in [0.15, 0.2) is 0 Å². The second kappa shape index (κ2) is 6.77. The van der Waals surface area contributed by atoms with Crippen molar-refractivity contribution in [3.05, 3.63) is 34.3 Å². The van der Waals surface area contributed by atoms with Crippen molar-refractivity contribution >= 4 is 29.9 Å². The average Bonchev–Trinajstić information content (AvgIpc) is 2.46. The summed E-state index contributed by atoms with van der Waals surface area (Å²) in [6, 6.07) is 5.96. The van der Waals surface area contributed by atoms with Crippen molar-refractivity contribution in [2.75, 3.05) is 6.54 Å². The zero-order valence-corrected chi connectivity index (χ0v) is 14.6. The maximum Gasteiger partial charge on any atom is 0.227 e. The van der Waals surface area contributed by atoms with Gasteiger partial charge in [-0.3, -0.25) is 4.79 Å². The normalized spacial score (nSPS) is 27.8. The summed E-state index contributed by atoms with van der Waals surface area (Å²) in [5.74, 6) is 0.192. The number of nitrogens with zero attached hydrogens (tertiary/aromatic N) is 1. The molecule has 0 saturated heterocycles. The number of carbonyl (C=O) groups excluding carboxylic acids is 1. The molecule has 1 saturated carbocycles. The average molecular weight is 343 g/mol. The molecule has 0 bridgehead atoms. The van der Waals surface area contributed by atoms with Crippen molar-refractivity contribution in [1.82, 2.24) is 4.90 Å². The van der Waals surface area contributed by atoms with Crippen LogP contribution in [0.5, 0.6) is 0 Å². The summed E-state index contributed by atoms with van der Waals surface area (Å²) >= 11 is 6.24. The number of benzene rings is 1. The first kappa shape index (κ1) is 17.6. The maximum absolute atomic E-state index is 12.9. The van der Waals surface area contributed by atoms with Gasteiger partial charge in [-0.05, 0) is 43.4 Å². The molecule has 1 aromatic rings. The number of rotatable bonds is 1. The van der Waals surface area contributed by atoms with Crippen molar-refractivity contribution in [3.63, 3.8) is 0 Å². The second-order valence-corrected chi connectivity index (χ2v) is 7.10. The van der Waals surface area contributed by atoms with Crippen LogP contribution < -0.4 is 5.73 Å². The third-order valence-electron chi connectivity index (χ3n) is 5.07. The molecule has 1 aliphatic heterocycles. The lowest BCUT2D eigenvalue weighted by Crippen LogP contribution is -2.54. The fourth-order valence-corrected chi connectivity index (χ4v) is 4.02. The van der Waals surface area contributed by atoms with Crippen LogP contribution in [-0.2, 0) is 17.8 Å². The van der Waals surface area contributed by atoms with Crippen LogP contribution >= 0.6 is 24.0 Å². The highest BCUT2D eigenvalue weighted by molar-refractivity contribution is 6.31. The Hall–Kier alpha value is -0.770. The molecule has 2 aliphatic rings. The van der Waals surface area contributed by atoms with E-state index in [0.29, 0.717) is 6.54 Å². The molecule has 3 nitrogen and oxygen atoms in total. The first-order chi connectivity index (χ1) is 9.99. The molecule has 1 fully saturated rings. The van der Waals surface area contributed by atoms with E-state index >= 15 is 0 Å². The second-order valence-electron chi connectivity index (χ2n) is 6.69. The van der Waals surface area contributed by atoms with E-state index in [1.54, 1.807) is 0 Å². The van der Waals surface area contributed by atoms with Crippen LogP contribution in [0.2, 0.25) is 5.02 Å². The van der Waals surface area contributed by atoms with Gasteiger partial charge in [0.05, 0.1) is 5.92 Å². The molecule has 1 aliphatic carbocycles. The molecule has 2 atom stereocenters. The van der Waals surface area contributed by atoms with Crippen LogP contribution in [0.15, 0.2) is 18.2 Å². The van der Waals surface area contributed by atoms with Crippen molar-refractivity contribution in [2.45, 2.75) is 51.1 Å². The van der Waals surface area contributed by atoms with Crippen LogP contribution in [0.3, 0.4) is 0 Å². The molecule has 122 valence electrons. The highest BCUT2D eigenvalue weighted by atomic mass is 35.5. The molecule has 1 amide bonds. The quantitative estimate of drug-likeness (QED) is 0.848. The van der Waals surface area contributed by atoms with E-state index in [1.165, 1.54) is 11.1 Å². The number of nitrogens with two attached hydrogens (primary N) is 1. The summed E-state index contributed by atoms with van der Waals surface area (Å²) in [4.78, 5) is 14.8. The van der Waals surface area contributed by atoms with Gasteiger partial charge in [0.1, 0.15) is 0 Å². The van der Waals surface area contributed by atoms with Gasteiger partial charge in [0, 0.05) is 23.7 Å². The van der Waals surface area contributed by atoms with Crippen molar-refractivity contribution in [2.24, 2.45) is 11.7 Å². The summed E-state index contributed by atoms with van der Waals surface area (Å²) < 4.78 is 0. The fraction of sp³-hybridized carbons (Fsp3) is 0.588. The molecule has 2 N–H and O–H groups in total. The summed E-state index contributed by atoms with van der Waals surface area (Å²) in [5, 5.41) is 0.820. The molecule has 5 heteroatoms. The first-order valence-electron chi connectivity index (χ1n) is 7.83. The molecular weight excluding hydrogens is 319 g/mol. The molecule has 2 unspecified atom stereocenters. The topological polar surface area (TPSA) is 46.3 Å². The van der Waals surface area contributed by atoms with E-state index in [-0.39, 0.29) is 29.8 Å². The van der Waals surface area contributed by atoms with Crippen molar-refractivity contribution in [3.8, 4) is 0 Å². The predicted molar refractivity (Wildman–Crippen MR) is 92.4 cm³/mol. The Balaban J connectivity index is 0.00000176. The first-order valence-corrected chi connectivity index (χ1v) is 8.21. The minimum Gasteiger partial charge on any atom is -0.338 e. The smallest absolute Gasteiger partial charge is 0.227 e. The minimum absolute atomic E-state index is 0. The largest absolute Gasteiger partial charge is 0.338 e. The predicted octanol–water partition coefficient (Wildman–Crippen LogP) is 3.55. The summed E-state index contributed by atoms with van der Waals surface area (Å²) in [6.07, 6.45) is 4.95. The van der Waals surface area contributed by atoms with Gasteiger partial charge >= 0.3 is 0 Å². The van der Waals surface area contributed by atoms with Crippen LogP contribution in [0, 0.1) is 5.92 Å². The van der Waals surface area contributed by atoms with E-state index in [1.807, 2.05) is 24.0 Å². The van der Waals surface area contributed by atoms with Crippen LogP contribution in [0.4, 0.5) is 0 Å². The Bertz CT molecular complexity index is 560. The highest BCUT2D eigenvalue weighted by Gasteiger charge is 2.40. The molecule has 1 aromatic carbocycles. The van der Waals surface area contributed by atoms with Crippen LogP contribution in [-0.4, -0.2) is 22.9 Å². The Morgan fingerprint density at radius 2 is 2.18 bits per heavy atom. The minimum atomic E-state index is -0.357. The van der Waals surface area contributed by atoms with Crippen LogP contribution in [0.1, 0.15) is 43.7 Å². The lowest BCUT2D eigenvalue weighted by molar-refractivity contribution is -0.139. The summed E-state index contributed by atoms with van der Waals surface area (Å²) in [6.45, 7) is 3.45. The molecule has 0 aromatic heterocycles. The number of halogens is 2. The fourth-order valence-electron chi connectivity index (χ4n) is 3.74. The Morgan fingerprint density at radius 1 is 1.41 bits per heavy atom. The molecular formula is C17H24Cl2N2O. The zero-order valence-electron chi connectivity index (χ0n) is 13.0. The monoisotopic (exact) mass is 342 g/mol. The standard InChI is InChI=1S/C17H23ClN2O.ClH/c1-17(19)9-3-2-6-14(17)16(21)20-10-8-13-12(11-20)5-4-7-15(13)18;/h4-5,7,14H,2-3,6,8-11,19H2,1H3;1H. The number of hydrogen-bond donors (Lipinski definition) is 1. The molecule has 0 radical (unpaired) electrons. The molecule has 22 heavy (non-hydrogen) atoms. The highest BCUT2D eigenvalue weighted by Crippen LogP contribution is 2.34. The van der Waals surface area contributed by atoms with E-state index in [9.17, 15) is 4.79 Å². The van der Waals surface area contributed by atoms with Crippen molar-refractivity contribution < 1.29 is 4.79 Å². The van der Waals surface area contributed by atoms with Gasteiger partial charge in [-0.15, -0.1) is 12.4 Å². The lowest BCUT2D eigenvalue weighted by atomic mass is 9.73. The van der Waals surface area contributed by atoms with Crippen LogP contribution in [0.25, 0.3) is 0 Å². The van der Waals surface area contributed by atoms with Crippen molar-refractivity contribution in [1.29, 1.82) is 0 Å². The number of amides is 1. The number of carbonyl (C=O) groups is 1. The Labute approximate surface area is 143 Å². The van der Waals surface area contributed by atoms with E-state index in [0.717, 1.165) is 43.7 Å². The van der Waals surface area contributed by atoms with Gasteiger partial charge in [-0.2, -0.15) is 0 Å². The zero-order chi connectivity index (χ0) is 15.0. The molecule has 3 rings (SSSR count). The Kier molecular flexibility index (Phi) is 5.41.